The van der Waals surface area contributed by atoms with Crippen molar-refractivity contribution in [3.8, 4) is 0 Å². The van der Waals surface area contributed by atoms with Crippen LogP contribution in [0.1, 0.15) is 15.9 Å². The van der Waals surface area contributed by atoms with E-state index in [1.165, 1.54) is 4.88 Å². The van der Waals surface area contributed by atoms with Crippen LogP contribution in [-0.4, -0.2) is 4.98 Å². The lowest BCUT2D eigenvalue weighted by atomic mass is 10.2. The van der Waals surface area contributed by atoms with Crippen LogP contribution in [0, 0.1) is 0 Å². The van der Waals surface area contributed by atoms with E-state index < -0.39 is 0 Å². The normalized spacial score (nSPS) is 13.0. The van der Waals surface area contributed by atoms with Gasteiger partial charge < -0.3 is 5.73 Å². The Balaban J connectivity index is 2.04. The molecule has 0 radical (unpaired) electrons. The molecule has 68 valence electrons. The van der Waals surface area contributed by atoms with Crippen LogP contribution in [0.5, 0.6) is 0 Å². The number of thiophene rings is 1. The number of hydrogen-bond acceptors (Lipinski definition) is 4. The van der Waals surface area contributed by atoms with Gasteiger partial charge in [-0.3, -0.25) is 0 Å². The largest absolute Gasteiger partial charge is 0.323 e. The van der Waals surface area contributed by atoms with Gasteiger partial charge in [-0.05, 0) is 11.4 Å². The van der Waals surface area contributed by atoms with Crippen LogP contribution in [0.2, 0.25) is 0 Å². The molecule has 2 aromatic heterocycles. The van der Waals surface area contributed by atoms with Crippen molar-refractivity contribution in [1.29, 1.82) is 0 Å². The molecule has 0 spiro atoms. The minimum atomic E-state index is 0.103. The van der Waals surface area contributed by atoms with Gasteiger partial charge in [0.25, 0.3) is 0 Å². The standard InChI is InChI=1S/C9H10N2S2/c10-7(8-2-1-4-12-8)6-9-11-3-5-13-9/h1-5,7H,6,10H2. The van der Waals surface area contributed by atoms with Gasteiger partial charge in [0.2, 0.25) is 0 Å². The molecule has 0 aliphatic carbocycles. The molecular weight excluding hydrogens is 200 g/mol. The van der Waals surface area contributed by atoms with E-state index >= 15 is 0 Å². The smallest absolute Gasteiger partial charge is 0.0944 e. The van der Waals surface area contributed by atoms with E-state index in [0.717, 1.165) is 11.4 Å². The minimum Gasteiger partial charge on any atom is -0.323 e. The summed E-state index contributed by atoms with van der Waals surface area (Å²) in [5.41, 5.74) is 6.01. The van der Waals surface area contributed by atoms with Crippen LogP contribution in [0.4, 0.5) is 0 Å². The van der Waals surface area contributed by atoms with E-state index in [-0.39, 0.29) is 6.04 Å². The van der Waals surface area contributed by atoms with Crippen molar-refractivity contribution >= 4 is 22.7 Å². The molecule has 0 aliphatic heterocycles. The second kappa shape index (κ2) is 4.00. The maximum atomic E-state index is 6.01. The molecule has 0 amide bonds. The quantitative estimate of drug-likeness (QED) is 0.845. The first kappa shape index (κ1) is 8.87. The summed E-state index contributed by atoms with van der Waals surface area (Å²) in [5, 5.41) is 5.15. The second-order valence-corrected chi connectivity index (χ2v) is 4.71. The van der Waals surface area contributed by atoms with Gasteiger partial charge >= 0.3 is 0 Å². The molecule has 0 fully saturated rings. The summed E-state index contributed by atoms with van der Waals surface area (Å²) in [6.45, 7) is 0. The highest BCUT2D eigenvalue weighted by atomic mass is 32.1. The summed E-state index contributed by atoms with van der Waals surface area (Å²) in [6.07, 6.45) is 2.67. The molecule has 0 aromatic carbocycles. The highest BCUT2D eigenvalue weighted by molar-refractivity contribution is 7.10. The van der Waals surface area contributed by atoms with Crippen LogP contribution < -0.4 is 5.73 Å². The van der Waals surface area contributed by atoms with Crippen molar-refractivity contribution in [2.45, 2.75) is 12.5 Å². The lowest BCUT2D eigenvalue weighted by Gasteiger charge is -2.05. The van der Waals surface area contributed by atoms with Crippen molar-refractivity contribution in [2.75, 3.05) is 0 Å². The Morgan fingerprint density at radius 3 is 2.92 bits per heavy atom. The highest BCUT2D eigenvalue weighted by Gasteiger charge is 2.08. The third kappa shape index (κ3) is 2.15. The first-order valence-corrected chi connectivity index (χ1v) is 5.79. The van der Waals surface area contributed by atoms with Crippen molar-refractivity contribution in [3.05, 3.63) is 39.0 Å². The molecule has 0 aliphatic rings. The van der Waals surface area contributed by atoms with Crippen molar-refractivity contribution < 1.29 is 0 Å². The fraction of sp³-hybridized carbons (Fsp3) is 0.222. The average molecular weight is 210 g/mol. The minimum absolute atomic E-state index is 0.103. The summed E-state index contributed by atoms with van der Waals surface area (Å²) < 4.78 is 0. The SMILES string of the molecule is NC(Cc1nccs1)c1cccs1. The van der Waals surface area contributed by atoms with Crippen molar-refractivity contribution in [2.24, 2.45) is 5.73 Å². The van der Waals surface area contributed by atoms with Gasteiger partial charge in [0, 0.05) is 28.9 Å². The molecule has 2 rings (SSSR count). The zero-order valence-corrected chi connectivity index (χ0v) is 8.65. The van der Waals surface area contributed by atoms with Gasteiger partial charge in [-0.1, -0.05) is 6.07 Å². The second-order valence-electron chi connectivity index (χ2n) is 2.75. The fourth-order valence-corrected chi connectivity index (χ4v) is 2.55. The third-order valence-corrected chi connectivity index (χ3v) is 3.59. The van der Waals surface area contributed by atoms with E-state index in [1.54, 1.807) is 22.7 Å². The first-order chi connectivity index (χ1) is 6.36. The van der Waals surface area contributed by atoms with E-state index in [0.29, 0.717) is 0 Å². The van der Waals surface area contributed by atoms with Crippen molar-refractivity contribution in [1.82, 2.24) is 4.98 Å². The molecule has 13 heavy (non-hydrogen) atoms. The van der Waals surface area contributed by atoms with Gasteiger partial charge in [0.1, 0.15) is 0 Å². The van der Waals surface area contributed by atoms with Gasteiger partial charge in [0.15, 0.2) is 0 Å². The first-order valence-electron chi connectivity index (χ1n) is 4.03. The molecule has 0 bridgehead atoms. The molecule has 0 saturated carbocycles. The van der Waals surface area contributed by atoms with Crippen LogP contribution >= 0.6 is 22.7 Å². The summed E-state index contributed by atoms with van der Waals surface area (Å²) in [7, 11) is 0. The number of hydrogen-bond donors (Lipinski definition) is 1. The van der Waals surface area contributed by atoms with Gasteiger partial charge in [0.05, 0.1) is 5.01 Å². The molecule has 1 unspecified atom stereocenters. The summed E-state index contributed by atoms with van der Waals surface area (Å²) in [4.78, 5) is 5.44. The number of nitrogens with two attached hydrogens (primary N) is 1. The number of aromatic nitrogens is 1. The van der Waals surface area contributed by atoms with Gasteiger partial charge in [-0.15, -0.1) is 22.7 Å². The van der Waals surface area contributed by atoms with E-state index in [2.05, 4.69) is 16.4 Å². The molecule has 2 heterocycles. The predicted molar refractivity (Wildman–Crippen MR) is 57.1 cm³/mol. The fourth-order valence-electron chi connectivity index (χ4n) is 1.14. The zero-order chi connectivity index (χ0) is 9.10. The van der Waals surface area contributed by atoms with Gasteiger partial charge in [-0.25, -0.2) is 4.98 Å². The number of nitrogens with zero attached hydrogens (tertiary/aromatic N) is 1. The van der Waals surface area contributed by atoms with E-state index in [9.17, 15) is 0 Å². The summed E-state index contributed by atoms with van der Waals surface area (Å²) in [5.74, 6) is 0. The third-order valence-electron chi connectivity index (χ3n) is 1.79. The van der Waals surface area contributed by atoms with E-state index in [4.69, 9.17) is 5.73 Å². The number of rotatable bonds is 3. The Hall–Kier alpha value is -0.710. The maximum Gasteiger partial charge on any atom is 0.0944 e. The maximum absolute atomic E-state index is 6.01. The molecular formula is C9H10N2S2. The molecule has 2 nitrogen and oxygen atoms in total. The lowest BCUT2D eigenvalue weighted by molar-refractivity contribution is 0.732. The average Bonchev–Trinajstić information content (AvgIpc) is 2.74. The van der Waals surface area contributed by atoms with Gasteiger partial charge in [-0.2, -0.15) is 0 Å². The lowest BCUT2D eigenvalue weighted by Crippen LogP contribution is -2.11. The van der Waals surface area contributed by atoms with Crippen LogP contribution in [0.25, 0.3) is 0 Å². The molecule has 1 atom stereocenters. The monoisotopic (exact) mass is 210 g/mol. The Bertz CT molecular complexity index is 340. The topological polar surface area (TPSA) is 38.9 Å². The van der Waals surface area contributed by atoms with Crippen LogP contribution in [-0.2, 0) is 6.42 Å². The van der Waals surface area contributed by atoms with Crippen LogP contribution in [0.15, 0.2) is 29.1 Å². The highest BCUT2D eigenvalue weighted by Crippen LogP contribution is 2.21. The zero-order valence-electron chi connectivity index (χ0n) is 7.01. The molecule has 0 saturated heterocycles. The molecule has 4 heteroatoms. The molecule has 2 N–H and O–H groups in total. The summed E-state index contributed by atoms with van der Waals surface area (Å²) in [6, 6.07) is 4.20. The summed E-state index contributed by atoms with van der Waals surface area (Å²) >= 11 is 3.37. The molecule has 2 aromatic rings. The predicted octanol–water partition coefficient (Wildman–Crippen LogP) is 2.45. The Kier molecular flexibility index (Phi) is 2.73. The Morgan fingerprint density at radius 1 is 1.38 bits per heavy atom. The Labute approximate surface area is 85.1 Å². The van der Waals surface area contributed by atoms with E-state index in [1.807, 2.05) is 17.6 Å². The number of thiazole rings is 1. The van der Waals surface area contributed by atoms with Crippen molar-refractivity contribution in [3.63, 3.8) is 0 Å². The van der Waals surface area contributed by atoms with Crippen LogP contribution in [0.3, 0.4) is 0 Å². The Morgan fingerprint density at radius 2 is 2.31 bits per heavy atom.